The van der Waals surface area contributed by atoms with Crippen LogP contribution in [0.4, 0.5) is 14.7 Å². The minimum atomic E-state index is -3.91. The van der Waals surface area contributed by atoms with Crippen LogP contribution >= 0.6 is 7.60 Å². The highest BCUT2D eigenvalue weighted by molar-refractivity contribution is 7.53. The molecule has 2 aliphatic rings. The summed E-state index contributed by atoms with van der Waals surface area (Å²) in [5.74, 6) is -2.56. The number of hydrogen-bond acceptors (Lipinski definition) is 10. The number of ether oxygens (including phenoxy) is 3. The molecule has 2 fully saturated rings. The summed E-state index contributed by atoms with van der Waals surface area (Å²) in [6.45, 7) is 6.44. The molecule has 4 heterocycles. The fourth-order valence-corrected chi connectivity index (χ4v) is 5.28. The summed E-state index contributed by atoms with van der Waals surface area (Å²) in [5, 5.41) is 0. The lowest BCUT2D eigenvalue weighted by Crippen LogP contribution is -2.51. The number of hydrogen-bond donors (Lipinski definition) is 1. The van der Waals surface area contributed by atoms with Gasteiger partial charge in [-0.05, 0) is 19.8 Å². The van der Waals surface area contributed by atoms with Crippen molar-refractivity contribution in [3.05, 3.63) is 6.33 Å². The molecule has 4 rings (SSSR count). The average molecular weight is 477 g/mol. The maximum absolute atomic E-state index is 16.0. The number of fused-ring (bicyclic) bond motifs is 2. The van der Waals surface area contributed by atoms with Crippen molar-refractivity contribution in [3.63, 3.8) is 0 Å². The summed E-state index contributed by atoms with van der Waals surface area (Å²) in [5.41, 5.74) is 3.55. The molecule has 0 unspecified atom stereocenters. The Balaban J connectivity index is 1.65. The number of nitrogens with two attached hydrogens (primary N) is 1. The first kappa shape index (κ1) is 23.2. The van der Waals surface area contributed by atoms with Crippen LogP contribution < -0.4 is 10.5 Å². The Morgan fingerprint density at radius 1 is 1.41 bits per heavy atom. The number of halogens is 2. The second-order valence-corrected chi connectivity index (χ2v) is 10.3. The minimum Gasteiger partial charge on any atom is -0.476 e. The van der Waals surface area contributed by atoms with Crippen LogP contribution in [0.2, 0.25) is 0 Å². The lowest BCUT2D eigenvalue weighted by atomic mass is 9.97. The standard InChI is InChI=1S/C18H26F2N5O6P/c1-5-28-13-11-12(23-16(21)24-13)25(8-22-11)15-17(4,19)14-18(20,30-15)7-29-32(26,31-14)9-27-6-10(2)3/h8,10,14-15H,5-7,9H2,1-4H3,(H2,21,23,24)/t14-,15+,17+,18+,32+/m0/s1. The third-order valence-electron chi connectivity index (χ3n) is 5.06. The second-order valence-electron chi connectivity index (χ2n) is 8.32. The molecule has 0 bridgehead atoms. The fraction of sp³-hybridized carbons (Fsp3) is 0.722. The van der Waals surface area contributed by atoms with Crippen LogP contribution in [0.3, 0.4) is 0 Å². The van der Waals surface area contributed by atoms with Gasteiger partial charge < -0.3 is 24.5 Å². The van der Waals surface area contributed by atoms with Gasteiger partial charge in [-0.3, -0.25) is 13.7 Å². The van der Waals surface area contributed by atoms with E-state index < -0.39 is 44.4 Å². The highest BCUT2D eigenvalue weighted by atomic mass is 31.2. The van der Waals surface area contributed by atoms with E-state index in [9.17, 15) is 4.57 Å². The molecule has 32 heavy (non-hydrogen) atoms. The normalized spacial score (nSPS) is 34.8. The Hall–Kier alpha value is -1.92. The van der Waals surface area contributed by atoms with Crippen molar-refractivity contribution in [3.8, 4) is 5.88 Å². The number of rotatable bonds is 7. The quantitative estimate of drug-likeness (QED) is 0.594. The molecule has 0 radical (unpaired) electrons. The topological polar surface area (TPSA) is 133 Å². The second kappa shape index (κ2) is 8.14. The number of anilines is 1. The van der Waals surface area contributed by atoms with E-state index in [2.05, 4.69) is 15.0 Å². The molecule has 0 amide bonds. The number of nitrogen functional groups attached to an aromatic ring is 1. The molecule has 0 aliphatic carbocycles. The molecule has 2 aliphatic heterocycles. The van der Waals surface area contributed by atoms with Crippen LogP contribution in [0.15, 0.2) is 6.33 Å². The van der Waals surface area contributed by atoms with Crippen molar-refractivity contribution in [1.82, 2.24) is 19.5 Å². The van der Waals surface area contributed by atoms with E-state index in [4.69, 9.17) is 29.0 Å². The first-order valence-corrected chi connectivity index (χ1v) is 11.9. The molecule has 5 atom stereocenters. The van der Waals surface area contributed by atoms with Crippen molar-refractivity contribution < 1.29 is 36.6 Å². The zero-order valence-electron chi connectivity index (χ0n) is 18.2. The zero-order chi connectivity index (χ0) is 23.3. The van der Waals surface area contributed by atoms with Gasteiger partial charge in [0.2, 0.25) is 11.8 Å². The summed E-state index contributed by atoms with van der Waals surface area (Å²) in [6, 6.07) is 0. The van der Waals surface area contributed by atoms with E-state index in [1.807, 2.05) is 13.8 Å². The predicted molar refractivity (Wildman–Crippen MR) is 108 cm³/mol. The molecule has 2 aromatic rings. The van der Waals surface area contributed by atoms with Crippen molar-refractivity contribution in [2.75, 3.05) is 31.9 Å². The molecule has 178 valence electrons. The van der Waals surface area contributed by atoms with Crippen LogP contribution in [0.25, 0.3) is 11.2 Å². The minimum absolute atomic E-state index is 0.0847. The summed E-state index contributed by atoms with van der Waals surface area (Å²) < 4.78 is 72.4. The Bertz CT molecular complexity index is 1050. The van der Waals surface area contributed by atoms with Gasteiger partial charge in [0.25, 0.3) is 5.85 Å². The van der Waals surface area contributed by atoms with Gasteiger partial charge in [0.05, 0.1) is 12.9 Å². The predicted octanol–water partition coefficient (Wildman–Crippen LogP) is 2.97. The lowest BCUT2D eigenvalue weighted by molar-refractivity contribution is -0.215. The summed E-state index contributed by atoms with van der Waals surface area (Å²) in [6.07, 6.45) is -2.62. The molecule has 2 saturated heterocycles. The number of nitrogens with zero attached hydrogens (tertiary/aromatic N) is 4. The Kier molecular flexibility index (Phi) is 5.91. The van der Waals surface area contributed by atoms with Crippen LogP contribution in [-0.2, 0) is 23.1 Å². The van der Waals surface area contributed by atoms with Gasteiger partial charge in [-0.2, -0.15) is 9.97 Å². The first-order valence-electron chi connectivity index (χ1n) is 10.2. The van der Waals surface area contributed by atoms with Gasteiger partial charge >= 0.3 is 7.60 Å². The molecule has 2 N–H and O–H groups in total. The Labute approximate surface area is 183 Å². The molecule has 0 saturated carbocycles. The molecule has 2 aromatic heterocycles. The van der Waals surface area contributed by atoms with Gasteiger partial charge in [-0.25, -0.2) is 13.8 Å². The zero-order valence-corrected chi connectivity index (χ0v) is 19.1. The van der Waals surface area contributed by atoms with E-state index in [0.717, 1.165) is 6.92 Å². The van der Waals surface area contributed by atoms with Gasteiger partial charge in [-0.1, -0.05) is 13.8 Å². The van der Waals surface area contributed by atoms with Crippen molar-refractivity contribution in [2.45, 2.75) is 51.6 Å². The smallest absolute Gasteiger partial charge is 0.356 e. The highest BCUT2D eigenvalue weighted by Crippen LogP contribution is 2.62. The fourth-order valence-electron chi connectivity index (χ4n) is 3.69. The highest BCUT2D eigenvalue weighted by Gasteiger charge is 2.70. The molecule has 0 aromatic carbocycles. The third-order valence-corrected chi connectivity index (χ3v) is 6.61. The van der Waals surface area contributed by atoms with Crippen LogP contribution in [0, 0.1) is 5.92 Å². The van der Waals surface area contributed by atoms with Crippen molar-refractivity contribution in [2.24, 2.45) is 5.92 Å². The number of aromatic nitrogens is 4. The lowest BCUT2D eigenvalue weighted by Gasteiger charge is -2.37. The molecule has 11 nitrogen and oxygen atoms in total. The van der Waals surface area contributed by atoms with E-state index in [1.54, 1.807) is 6.92 Å². The summed E-state index contributed by atoms with van der Waals surface area (Å²) in [4.78, 5) is 12.2. The van der Waals surface area contributed by atoms with E-state index >= 15 is 8.78 Å². The van der Waals surface area contributed by atoms with Crippen LogP contribution in [-0.4, -0.2) is 63.3 Å². The van der Waals surface area contributed by atoms with E-state index in [-0.39, 0.29) is 35.5 Å². The molecule has 14 heteroatoms. The summed E-state index contributed by atoms with van der Waals surface area (Å²) in [7, 11) is -3.91. The molecule has 0 spiro atoms. The maximum atomic E-state index is 16.0. The van der Waals surface area contributed by atoms with Crippen LogP contribution in [0.5, 0.6) is 5.88 Å². The van der Waals surface area contributed by atoms with Gasteiger partial charge in [-0.15, -0.1) is 0 Å². The van der Waals surface area contributed by atoms with E-state index in [0.29, 0.717) is 6.61 Å². The largest absolute Gasteiger partial charge is 0.476 e. The van der Waals surface area contributed by atoms with Crippen molar-refractivity contribution >= 4 is 24.7 Å². The Morgan fingerprint density at radius 3 is 2.84 bits per heavy atom. The molecular formula is C18H26F2N5O6P. The monoisotopic (exact) mass is 477 g/mol. The van der Waals surface area contributed by atoms with E-state index in [1.165, 1.54) is 10.9 Å². The SMILES string of the molecule is CCOc1nc(N)nc2c1ncn2[C@@H]1O[C@]2(F)CO[P@](=O)(COCC(C)C)O[C@H]2[C@@]1(C)F. The summed E-state index contributed by atoms with van der Waals surface area (Å²) >= 11 is 0. The van der Waals surface area contributed by atoms with Crippen molar-refractivity contribution in [1.29, 1.82) is 0 Å². The molecular weight excluding hydrogens is 451 g/mol. The van der Waals surface area contributed by atoms with Crippen LogP contribution in [0.1, 0.15) is 33.9 Å². The van der Waals surface area contributed by atoms with Gasteiger partial charge in [0, 0.05) is 6.61 Å². The third kappa shape index (κ3) is 3.96. The number of imidazole rings is 1. The van der Waals surface area contributed by atoms with Gasteiger partial charge in [0.1, 0.15) is 13.0 Å². The Morgan fingerprint density at radius 2 is 2.16 bits per heavy atom. The maximum Gasteiger partial charge on any atom is 0.356 e. The first-order chi connectivity index (χ1) is 15.0. The van der Waals surface area contributed by atoms with Gasteiger partial charge in [0.15, 0.2) is 29.2 Å². The average Bonchev–Trinajstić information content (AvgIpc) is 3.19. The number of alkyl halides is 2.